The summed E-state index contributed by atoms with van der Waals surface area (Å²) in [6.45, 7) is 1.86. The first-order valence-electron chi connectivity index (χ1n) is 8.42. The Labute approximate surface area is 150 Å². The smallest absolute Gasteiger partial charge is 0.417 e. The first-order valence-corrected chi connectivity index (χ1v) is 8.42. The van der Waals surface area contributed by atoms with E-state index in [4.69, 9.17) is 9.47 Å². The maximum Gasteiger partial charge on any atom is 0.417 e. The number of nitrogens with one attached hydrogen (secondary N) is 1. The minimum Gasteiger partial charge on any atom is -0.497 e. The summed E-state index contributed by atoms with van der Waals surface area (Å²) >= 11 is 0. The highest BCUT2D eigenvalue weighted by Crippen LogP contribution is 2.36. The summed E-state index contributed by atoms with van der Waals surface area (Å²) in [5.74, 6) is 1.21. The van der Waals surface area contributed by atoms with Crippen LogP contribution in [0.15, 0.2) is 42.6 Å². The monoisotopic (exact) mass is 366 g/mol. The molecular weight excluding hydrogens is 345 g/mol. The lowest BCUT2D eigenvalue weighted by Crippen LogP contribution is -2.40. The van der Waals surface area contributed by atoms with Crippen LogP contribution in [0.2, 0.25) is 0 Å². The van der Waals surface area contributed by atoms with Gasteiger partial charge in [-0.25, -0.2) is 4.98 Å². The van der Waals surface area contributed by atoms with Crippen LogP contribution in [0.5, 0.6) is 5.75 Å². The summed E-state index contributed by atoms with van der Waals surface area (Å²) in [7, 11) is 1.62. The molecule has 4 nitrogen and oxygen atoms in total. The van der Waals surface area contributed by atoms with Crippen LogP contribution in [0, 0.1) is 0 Å². The van der Waals surface area contributed by atoms with Crippen LogP contribution in [0.25, 0.3) is 0 Å². The Hall–Kier alpha value is -2.28. The lowest BCUT2D eigenvalue weighted by Gasteiger charge is -2.38. The minimum absolute atomic E-state index is 0.158. The van der Waals surface area contributed by atoms with Crippen LogP contribution in [-0.4, -0.2) is 31.9 Å². The van der Waals surface area contributed by atoms with Crippen LogP contribution in [0.3, 0.4) is 0 Å². The van der Waals surface area contributed by atoms with Crippen molar-refractivity contribution in [2.75, 3.05) is 32.2 Å². The normalized spacial score (nSPS) is 16.9. The molecule has 0 amide bonds. The van der Waals surface area contributed by atoms with Gasteiger partial charge in [-0.05, 0) is 42.7 Å². The molecule has 1 aliphatic heterocycles. The molecule has 0 radical (unpaired) electrons. The van der Waals surface area contributed by atoms with E-state index in [0.717, 1.165) is 36.4 Å². The number of pyridine rings is 1. The van der Waals surface area contributed by atoms with Gasteiger partial charge >= 0.3 is 6.18 Å². The fourth-order valence-electron chi connectivity index (χ4n) is 3.20. The van der Waals surface area contributed by atoms with Gasteiger partial charge in [-0.15, -0.1) is 0 Å². The third kappa shape index (κ3) is 4.09. The average molecular weight is 366 g/mol. The highest BCUT2D eigenvalue weighted by atomic mass is 19.4. The van der Waals surface area contributed by atoms with Crippen molar-refractivity contribution in [3.05, 3.63) is 53.7 Å². The number of nitrogens with zero attached hydrogens (tertiary/aromatic N) is 1. The standard InChI is InChI=1S/C19H21F3N2O2/c1-25-16-5-2-14(3-6-16)18(8-10-26-11-9-18)13-24-17-7-4-15(12-23-17)19(20,21)22/h2-7,12H,8-11,13H2,1H3,(H,23,24). The van der Waals surface area contributed by atoms with Gasteiger partial charge in [0.1, 0.15) is 11.6 Å². The van der Waals surface area contributed by atoms with E-state index in [1.54, 1.807) is 7.11 Å². The van der Waals surface area contributed by atoms with Crippen molar-refractivity contribution >= 4 is 5.82 Å². The van der Waals surface area contributed by atoms with Crippen LogP contribution < -0.4 is 10.1 Å². The van der Waals surface area contributed by atoms with Crippen molar-refractivity contribution in [3.8, 4) is 5.75 Å². The Balaban J connectivity index is 1.76. The van der Waals surface area contributed by atoms with Gasteiger partial charge in [-0.1, -0.05) is 12.1 Å². The predicted molar refractivity (Wildman–Crippen MR) is 92.5 cm³/mol. The molecule has 0 unspecified atom stereocenters. The number of aromatic nitrogens is 1. The molecule has 1 aromatic carbocycles. The van der Waals surface area contributed by atoms with Gasteiger partial charge in [-0.2, -0.15) is 13.2 Å². The fraction of sp³-hybridized carbons (Fsp3) is 0.421. The van der Waals surface area contributed by atoms with Gasteiger partial charge in [0.2, 0.25) is 0 Å². The third-order valence-electron chi connectivity index (χ3n) is 4.85. The third-order valence-corrected chi connectivity index (χ3v) is 4.85. The molecule has 0 aliphatic carbocycles. The van der Waals surface area contributed by atoms with Crippen LogP contribution in [-0.2, 0) is 16.3 Å². The number of methoxy groups -OCH3 is 1. The minimum atomic E-state index is -4.38. The first-order chi connectivity index (χ1) is 12.4. The highest BCUT2D eigenvalue weighted by molar-refractivity contribution is 5.40. The molecule has 1 aliphatic rings. The first kappa shape index (κ1) is 18.5. The number of hydrogen-bond donors (Lipinski definition) is 1. The van der Waals surface area contributed by atoms with Crippen LogP contribution >= 0.6 is 0 Å². The molecule has 2 aromatic rings. The van der Waals surface area contributed by atoms with Crippen LogP contribution in [0.1, 0.15) is 24.0 Å². The van der Waals surface area contributed by atoms with Gasteiger partial charge in [-0.3, -0.25) is 0 Å². The molecule has 140 valence electrons. The van der Waals surface area contributed by atoms with Crippen molar-refractivity contribution < 1.29 is 22.6 Å². The summed E-state index contributed by atoms with van der Waals surface area (Å²) < 4.78 is 48.7. The zero-order valence-corrected chi connectivity index (χ0v) is 14.5. The summed E-state index contributed by atoms with van der Waals surface area (Å²) in [5.41, 5.74) is 0.245. The zero-order valence-electron chi connectivity index (χ0n) is 14.5. The summed E-state index contributed by atoms with van der Waals surface area (Å²) in [6.07, 6.45) is -1.87. The van der Waals surface area contributed by atoms with E-state index < -0.39 is 11.7 Å². The topological polar surface area (TPSA) is 43.4 Å². The Morgan fingerprint density at radius 1 is 1.12 bits per heavy atom. The maximum atomic E-state index is 12.7. The molecule has 7 heteroatoms. The summed E-state index contributed by atoms with van der Waals surface area (Å²) in [6, 6.07) is 10.3. The molecule has 1 N–H and O–H groups in total. The lowest BCUT2D eigenvalue weighted by atomic mass is 9.74. The number of anilines is 1. The van der Waals surface area contributed by atoms with Gasteiger partial charge in [0, 0.05) is 31.4 Å². The van der Waals surface area contributed by atoms with E-state index in [1.165, 1.54) is 6.07 Å². The Morgan fingerprint density at radius 2 is 1.81 bits per heavy atom. The molecule has 1 aromatic heterocycles. The van der Waals surface area contributed by atoms with E-state index in [0.29, 0.717) is 25.6 Å². The molecule has 1 fully saturated rings. The number of ether oxygens (including phenoxy) is 2. The van der Waals surface area contributed by atoms with E-state index in [1.807, 2.05) is 24.3 Å². The Kier molecular flexibility index (Phi) is 5.36. The van der Waals surface area contributed by atoms with Crippen molar-refractivity contribution in [2.24, 2.45) is 0 Å². The highest BCUT2D eigenvalue weighted by Gasteiger charge is 2.35. The molecule has 0 atom stereocenters. The Bertz CT molecular complexity index is 709. The van der Waals surface area contributed by atoms with E-state index >= 15 is 0 Å². The van der Waals surface area contributed by atoms with Crippen molar-refractivity contribution in [3.63, 3.8) is 0 Å². The quantitative estimate of drug-likeness (QED) is 0.858. The van der Waals surface area contributed by atoms with E-state index in [-0.39, 0.29) is 5.41 Å². The van der Waals surface area contributed by atoms with Crippen molar-refractivity contribution in [1.82, 2.24) is 4.98 Å². The summed E-state index contributed by atoms with van der Waals surface area (Å²) in [4.78, 5) is 3.90. The van der Waals surface area contributed by atoms with Gasteiger partial charge in [0.05, 0.1) is 12.7 Å². The largest absolute Gasteiger partial charge is 0.497 e. The summed E-state index contributed by atoms with van der Waals surface area (Å²) in [5, 5.41) is 3.20. The molecule has 26 heavy (non-hydrogen) atoms. The predicted octanol–water partition coefficient (Wildman–Crippen LogP) is 4.27. The van der Waals surface area contributed by atoms with E-state index in [9.17, 15) is 13.2 Å². The molecule has 3 rings (SSSR count). The maximum absolute atomic E-state index is 12.7. The van der Waals surface area contributed by atoms with Gasteiger partial charge in [0.15, 0.2) is 0 Å². The number of hydrogen-bond acceptors (Lipinski definition) is 4. The van der Waals surface area contributed by atoms with Crippen molar-refractivity contribution in [1.29, 1.82) is 0 Å². The lowest BCUT2D eigenvalue weighted by molar-refractivity contribution is -0.137. The number of halogens is 3. The second-order valence-electron chi connectivity index (χ2n) is 6.40. The van der Waals surface area contributed by atoms with Gasteiger partial charge in [0.25, 0.3) is 0 Å². The van der Waals surface area contributed by atoms with Crippen molar-refractivity contribution in [2.45, 2.75) is 24.4 Å². The van der Waals surface area contributed by atoms with Crippen LogP contribution in [0.4, 0.5) is 19.0 Å². The zero-order chi connectivity index (χ0) is 18.6. The fourth-order valence-corrected chi connectivity index (χ4v) is 3.20. The Morgan fingerprint density at radius 3 is 2.35 bits per heavy atom. The molecular formula is C19H21F3N2O2. The molecule has 0 bridgehead atoms. The molecule has 0 saturated carbocycles. The van der Waals surface area contributed by atoms with E-state index in [2.05, 4.69) is 10.3 Å². The molecule has 0 spiro atoms. The molecule has 2 heterocycles. The average Bonchev–Trinajstić information content (AvgIpc) is 2.67. The second-order valence-corrected chi connectivity index (χ2v) is 6.40. The molecule has 1 saturated heterocycles. The number of rotatable bonds is 5. The number of benzene rings is 1. The second kappa shape index (κ2) is 7.53. The number of alkyl halides is 3. The SMILES string of the molecule is COc1ccc(C2(CNc3ccc(C(F)(F)F)cn3)CCOCC2)cc1. The van der Waals surface area contributed by atoms with Gasteiger partial charge < -0.3 is 14.8 Å².